The van der Waals surface area contributed by atoms with Crippen LogP contribution in [0.1, 0.15) is 39.1 Å². The highest BCUT2D eigenvalue weighted by Gasteiger charge is 2.40. The van der Waals surface area contributed by atoms with Crippen LogP contribution in [0.3, 0.4) is 0 Å². The molecule has 2 aromatic rings. The van der Waals surface area contributed by atoms with E-state index in [2.05, 4.69) is 15.5 Å². The van der Waals surface area contributed by atoms with Gasteiger partial charge in [-0.15, -0.1) is 11.3 Å². The van der Waals surface area contributed by atoms with E-state index < -0.39 is 29.4 Å². The molecule has 5 nitrogen and oxygen atoms in total. The van der Waals surface area contributed by atoms with E-state index in [0.717, 1.165) is 4.88 Å². The van der Waals surface area contributed by atoms with E-state index in [-0.39, 0.29) is 18.7 Å². The molecule has 2 rings (SSSR count). The predicted octanol–water partition coefficient (Wildman–Crippen LogP) is 2.65. The Bertz CT molecular complexity index is 637. The van der Waals surface area contributed by atoms with E-state index in [1.807, 2.05) is 0 Å². The normalized spacial score (nSPS) is 13.1. The topological polar surface area (TPSA) is 78.0 Å². The number of nitrogens with one attached hydrogen (secondary N) is 2. The molecular formula is C13H14F3N3O2S. The number of aromatic amines is 1. The minimum Gasteiger partial charge on any atom is -0.396 e. The van der Waals surface area contributed by atoms with Crippen LogP contribution < -0.4 is 5.32 Å². The number of amides is 1. The Labute approximate surface area is 128 Å². The lowest BCUT2D eigenvalue weighted by Gasteiger charge is -2.17. The fourth-order valence-corrected chi connectivity index (χ4v) is 2.86. The summed E-state index contributed by atoms with van der Waals surface area (Å²) in [6.07, 6.45) is -4.50. The molecule has 0 saturated carbocycles. The van der Waals surface area contributed by atoms with Gasteiger partial charge in [0.15, 0.2) is 5.69 Å². The SMILES string of the molecule is Cc1[nH]nc(C(F)(F)F)c1C(=O)NC(CCO)c1cccs1. The highest BCUT2D eigenvalue weighted by atomic mass is 32.1. The number of aromatic nitrogens is 2. The van der Waals surface area contributed by atoms with Crippen LogP contribution in [0.5, 0.6) is 0 Å². The second-order valence-electron chi connectivity index (χ2n) is 4.62. The molecule has 0 aliphatic carbocycles. The number of hydrogen-bond acceptors (Lipinski definition) is 4. The van der Waals surface area contributed by atoms with Crippen molar-refractivity contribution in [1.82, 2.24) is 15.5 Å². The maximum Gasteiger partial charge on any atom is 0.435 e. The molecule has 0 aliphatic heterocycles. The van der Waals surface area contributed by atoms with Gasteiger partial charge in [-0.25, -0.2) is 0 Å². The van der Waals surface area contributed by atoms with Gasteiger partial charge < -0.3 is 10.4 Å². The van der Waals surface area contributed by atoms with Gasteiger partial charge in [0.05, 0.1) is 11.6 Å². The van der Waals surface area contributed by atoms with Crippen molar-refractivity contribution in [2.45, 2.75) is 25.6 Å². The van der Waals surface area contributed by atoms with Gasteiger partial charge in [-0.1, -0.05) is 6.07 Å². The van der Waals surface area contributed by atoms with E-state index in [4.69, 9.17) is 5.11 Å². The molecule has 120 valence electrons. The summed E-state index contributed by atoms with van der Waals surface area (Å²) in [5, 5.41) is 18.7. The molecule has 0 bridgehead atoms. The number of aliphatic hydroxyl groups excluding tert-OH is 1. The molecule has 2 aromatic heterocycles. The highest BCUT2D eigenvalue weighted by Crippen LogP contribution is 2.32. The Balaban J connectivity index is 2.26. The third kappa shape index (κ3) is 3.47. The molecule has 0 aromatic carbocycles. The highest BCUT2D eigenvalue weighted by molar-refractivity contribution is 7.10. The molecule has 3 N–H and O–H groups in total. The van der Waals surface area contributed by atoms with Gasteiger partial charge in [0.25, 0.3) is 5.91 Å². The Morgan fingerprint density at radius 1 is 1.55 bits per heavy atom. The van der Waals surface area contributed by atoms with Crippen LogP contribution in [0.2, 0.25) is 0 Å². The first-order chi connectivity index (χ1) is 10.3. The van der Waals surface area contributed by atoms with Crippen LogP contribution in [0.15, 0.2) is 17.5 Å². The zero-order valence-electron chi connectivity index (χ0n) is 11.6. The van der Waals surface area contributed by atoms with Gasteiger partial charge in [0, 0.05) is 17.2 Å². The summed E-state index contributed by atoms with van der Waals surface area (Å²) < 4.78 is 38.6. The molecule has 1 unspecified atom stereocenters. The van der Waals surface area contributed by atoms with Crippen molar-refractivity contribution in [3.8, 4) is 0 Å². The smallest absolute Gasteiger partial charge is 0.396 e. The van der Waals surface area contributed by atoms with E-state index in [9.17, 15) is 18.0 Å². The van der Waals surface area contributed by atoms with Crippen molar-refractivity contribution in [2.24, 2.45) is 0 Å². The van der Waals surface area contributed by atoms with Crippen LogP contribution in [0.25, 0.3) is 0 Å². The van der Waals surface area contributed by atoms with Crippen molar-refractivity contribution in [2.75, 3.05) is 6.61 Å². The predicted molar refractivity (Wildman–Crippen MR) is 74.6 cm³/mol. The van der Waals surface area contributed by atoms with Gasteiger partial charge in [-0.3, -0.25) is 9.89 Å². The minimum atomic E-state index is -4.72. The molecule has 0 aliphatic rings. The molecule has 0 fully saturated rings. The first-order valence-corrected chi connectivity index (χ1v) is 7.29. The molecule has 1 amide bonds. The van der Waals surface area contributed by atoms with Crippen molar-refractivity contribution in [3.63, 3.8) is 0 Å². The first kappa shape index (κ1) is 16.5. The van der Waals surface area contributed by atoms with Crippen LogP contribution in [-0.4, -0.2) is 27.8 Å². The third-order valence-corrected chi connectivity index (χ3v) is 4.04. The average Bonchev–Trinajstić information content (AvgIpc) is 3.06. The standard InChI is InChI=1S/C13H14F3N3O2S/c1-7-10(11(19-18-7)13(14,15)16)12(21)17-8(4-5-20)9-3-2-6-22-9/h2-3,6,8,20H,4-5H2,1H3,(H,17,21)(H,18,19). The maximum atomic E-state index is 12.9. The van der Waals surface area contributed by atoms with Crippen molar-refractivity contribution >= 4 is 17.2 Å². The zero-order valence-corrected chi connectivity index (χ0v) is 12.4. The van der Waals surface area contributed by atoms with Crippen molar-refractivity contribution in [1.29, 1.82) is 0 Å². The summed E-state index contributed by atoms with van der Waals surface area (Å²) in [6.45, 7) is 1.16. The molecule has 0 saturated heterocycles. The number of alkyl halides is 3. The minimum absolute atomic E-state index is 0.0405. The lowest BCUT2D eigenvalue weighted by Crippen LogP contribution is -2.30. The van der Waals surface area contributed by atoms with Gasteiger partial charge in [-0.2, -0.15) is 18.3 Å². The number of aryl methyl sites for hydroxylation is 1. The molecule has 9 heteroatoms. The van der Waals surface area contributed by atoms with Crippen LogP contribution in [0.4, 0.5) is 13.2 Å². The molecule has 2 heterocycles. The zero-order chi connectivity index (χ0) is 16.3. The number of rotatable bonds is 5. The fraction of sp³-hybridized carbons (Fsp3) is 0.385. The van der Waals surface area contributed by atoms with Gasteiger partial charge >= 0.3 is 6.18 Å². The summed E-state index contributed by atoms with van der Waals surface area (Å²) >= 11 is 1.35. The summed E-state index contributed by atoms with van der Waals surface area (Å²) in [5.74, 6) is -0.870. The summed E-state index contributed by atoms with van der Waals surface area (Å²) in [4.78, 5) is 13.0. The quantitative estimate of drug-likeness (QED) is 0.787. The monoisotopic (exact) mass is 333 g/mol. The Hall–Kier alpha value is -1.87. The summed E-state index contributed by atoms with van der Waals surface area (Å²) in [6, 6.07) is 2.96. The van der Waals surface area contributed by atoms with E-state index in [0.29, 0.717) is 0 Å². The number of hydrogen-bond donors (Lipinski definition) is 3. The van der Waals surface area contributed by atoms with Crippen LogP contribution in [-0.2, 0) is 6.18 Å². The van der Waals surface area contributed by atoms with Crippen LogP contribution >= 0.6 is 11.3 Å². The Morgan fingerprint density at radius 2 is 2.27 bits per heavy atom. The number of aliphatic hydroxyl groups is 1. The second kappa shape index (κ2) is 6.49. The Kier molecular flexibility index (Phi) is 4.87. The molecular weight excluding hydrogens is 319 g/mol. The average molecular weight is 333 g/mol. The number of carbonyl (C=O) groups excluding carboxylic acids is 1. The largest absolute Gasteiger partial charge is 0.435 e. The molecule has 0 spiro atoms. The van der Waals surface area contributed by atoms with Gasteiger partial charge in [-0.05, 0) is 24.8 Å². The number of halogens is 3. The first-order valence-electron chi connectivity index (χ1n) is 6.42. The van der Waals surface area contributed by atoms with E-state index >= 15 is 0 Å². The lowest BCUT2D eigenvalue weighted by atomic mass is 10.1. The summed E-state index contributed by atoms with van der Waals surface area (Å²) in [5.41, 5.74) is -1.72. The third-order valence-electron chi connectivity index (χ3n) is 3.05. The summed E-state index contributed by atoms with van der Waals surface area (Å²) in [7, 11) is 0. The molecule has 22 heavy (non-hydrogen) atoms. The number of carbonyl (C=O) groups is 1. The Morgan fingerprint density at radius 3 is 2.82 bits per heavy atom. The van der Waals surface area contributed by atoms with E-state index in [1.54, 1.807) is 17.5 Å². The molecule has 0 radical (unpaired) electrons. The fourth-order valence-electron chi connectivity index (χ4n) is 2.05. The number of nitrogens with zero attached hydrogens (tertiary/aromatic N) is 1. The van der Waals surface area contributed by atoms with Crippen molar-refractivity contribution < 1.29 is 23.1 Å². The van der Waals surface area contributed by atoms with Gasteiger partial charge in [0.1, 0.15) is 0 Å². The lowest BCUT2D eigenvalue weighted by molar-refractivity contribution is -0.141. The second-order valence-corrected chi connectivity index (χ2v) is 5.60. The number of thiophene rings is 1. The van der Waals surface area contributed by atoms with Crippen molar-refractivity contribution in [3.05, 3.63) is 39.3 Å². The van der Waals surface area contributed by atoms with Gasteiger partial charge in [0.2, 0.25) is 0 Å². The number of H-pyrrole nitrogens is 1. The van der Waals surface area contributed by atoms with E-state index in [1.165, 1.54) is 18.3 Å². The van der Waals surface area contributed by atoms with Crippen LogP contribution in [0, 0.1) is 6.92 Å². The maximum absolute atomic E-state index is 12.9. The molecule has 1 atom stereocenters.